The molecular weight excluding hydrogens is 324 g/mol. The first kappa shape index (κ1) is 14.5. The zero-order valence-corrected chi connectivity index (χ0v) is 12.3. The van der Waals surface area contributed by atoms with E-state index in [4.69, 9.17) is 0 Å². The molecule has 0 fully saturated rings. The predicted octanol–water partition coefficient (Wildman–Crippen LogP) is 2.99. The Labute approximate surface area is 124 Å². The van der Waals surface area contributed by atoms with Crippen molar-refractivity contribution in [3.63, 3.8) is 0 Å². The van der Waals surface area contributed by atoms with E-state index in [1.807, 2.05) is 0 Å². The maximum atomic E-state index is 11.9. The lowest BCUT2D eigenvalue weighted by molar-refractivity contribution is -0.143. The van der Waals surface area contributed by atoms with Crippen LogP contribution < -0.4 is 0 Å². The first-order valence-corrected chi connectivity index (χ1v) is 6.81. The monoisotopic (exact) mass is 336 g/mol. The smallest absolute Gasteiger partial charge is 0.331 e. The highest BCUT2D eigenvalue weighted by Crippen LogP contribution is 2.41. The summed E-state index contributed by atoms with van der Waals surface area (Å²) in [5, 5.41) is 18.9. The molecule has 0 amide bonds. The van der Waals surface area contributed by atoms with E-state index in [1.165, 1.54) is 12.2 Å². The van der Waals surface area contributed by atoms with Gasteiger partial charge in [0.05, 0.1) is 0 Å². The van der Waals surface area contributed by atoms with E-state index in [9.17, 15) is 19.8 Å². The molecule has 1 aliphatic carbocycles. The second-order valence-corrected chi connectivity index (χ2v) is 5.60. The van der Waals surface area contributed by atoms with E-state index in [1.54, 1.807) is 37.3 Å². The van der Waals surface area contributed by atoms with Crippen molar-refractivity contribution < 1.29 is 19.8 Å². The van der Waals surface area contributed by atoms with Crippen LogP contribution >= 0.6 is 15.9 Å². The molecule has 104 valence electrons. The number of allylic oxidation sites excluding steroid dienone is 2. The van der Waals surface area contributed by atoms with E-state index < -0.39 is 23.3 Å². The molecule has 0 bridgehead atoms. The number of halogens is 1. The lowest BCUT2D eigenvalue weighted by Crippen LogP contribution is -2.43. The molecule has 2 N–H and O–H groups in total. The third-order valence-electron chi connectivity index (χ3n) is 3.71. The zero-order valence-electron chi connectivity index (χ0n) is 10.7. The van der Waals surface area contributed by atoms with Crippen LogP contribution in [0.5, 0.6) is 0 Å². The van der Waals surface area contributed by atoms with Crippen molar-refractivity contribution >= 4 is 27.9 Å². The molecule has 0 aromatic heterocycles. The van der Waals surface area contributed by atoms with Crippen LogP contribution in [0.2, 0.25) is 0 Å². The summed E-state index contributed by atoms with van der Waals surface area (Å²) >= 11 is 3.30. The van der Waals surface area contributed by atoms with Crippen LogP contribution in [0.4, 0.5) is 0 Å². The minimum atomic E-state index is -1.36. The molecule has 0 heterocycles. The number of rotatable bonds is 3. The van der Waals surface area contributed by atoms with Crippen LogP contribution in [0.1, 0.15) is 12.5 Å². The standard InChI is InChI=1S/C15H13BrO4/c1-9-12(13(17)18)3-2-8-15(9,14(19)20)10-4-6-11(16)7-5-10/h2-9H,1H3,(H,17,18)(H,19,20). The van der Waals surface area contributed by atoms with Crippen LogP contribution in [0.25, 0.3) is 0 Å². The van der Waals surface area contributed by atoms with E-state index in [-0.39, 0.29) is 5.57 Å². The average molecular weight is 337 g/mol. The summed E-state index contributed by atoms with van der Waals surface area (Å²) in [5.41, 5.74) is -0.704. The molecule has 20 heavy (non-hydrogen) atoms. The van der Waals surface area contributed by atoms with Crippen LogP contribution in [-0.4, -0.2) is 22.2 Å². The third kappa shape index (κ3) is 2.18. The minimum Gasteiger partial charge on any atom is -0.480 e. The lowest BCUT2D eigenvalue weighted by atomic mass is 9.66. The van der Waals surface area contributed by atoms with Crippen molar-refractivity contribution in [2.75, 3.05) is 0 Å². The summed E-state index contributed by atoms with van der Waals surface area (Å²) in [5.74, 6) is -2.82. The molecule has 0 saturated heterocycles. The molecule has 2 rings (SSSR count). The van der Waals surface area contributed by atoms with Gasteiger partial charge in [-0.1, -0.05) is 53.2 Å². The fourth-order valence-electron chi connectivity index (χ4n) is 2.55. The van der Waals surface area contributed by atoms with Gasteiger partial charge in [-0.25, -0.2) is 4.79 Å². The van der Waals surface area contributed by atoms with Gasteiger partial charge in [-0.3, -0.25) is 4.79 Å². The Hall–Kier alpha value is -1.88. The highest BCUT2D eigenvalue weighted by molar-refractivity contribution is 9.10. The second kappa shape index (κ2) is 5.25. The number of aliphatic carboxylic acids is 2. The van der Waals surface area contributed by atoms with Gasteiger partial charge < -0.3 is 10.2 Å². The van der Waals surface area contributed by atoms with E-state index in [2.05, 4.69) is 15.9 Å². The maximum Gasteiger partial charge on any atom is 0.331 e. The molecular formula is C15H13BrO4. The Morgan fingerprint density at radius 2 is 1.80 bits per heavy atom. The Balaban J connectivity index is 2.60. The summed E-state index contributed by atoms with van der Waals surface area (Å²) in [4.78, 5) is 23.1. The van der Waals surface area contributed by atoms with E-state index >= 15 is 0 Å². The summed E-state index contributed by atoms with van der Waals surface area (Å²) in [6.45, 7) is 1.62. The Kier molecular flexibility index (Phi) is 3.81. The topological polar surface area (TPSA) is 74.6 Å². The number of carboxylic acids is 2. The number of carboxylic acid groups (broad SMARTS) is 2. The fraction of sp³-hybridized carbons (Fsp3) is 0.200. The Morgan fingerprint density at radius 3 is 2.30 bits per heavy atom. The van der Waals surface area contributed by atoms with Gasteiger partial charge in [-0.15, -0.1) is 0 Å². The SMILES string of the molecule is CC1C(C(=O)O)=CC=CC1(C(=O)O)c1ccc(Br)cc1. The quantitative estimate of drug-likeness (QED) is 0.889. The maximum absolute atomic E-state index is 11.9. The molecule has 0 aliphatic heterocycles. The Morgan fingerprint density at radius 1 is 1.20 bits per heavy atom. The van der Waals surface area contributed by atoms with Crippen molar-refractivity contribution in [3.05, 3.63) is 58.1 Å². The molecule has 0 radical (unpaired) electrons. The minimum absolute atomic E-state index is 0.0952. The molecule has 2 atom stereocenters. The second-order valence-electron chi connectivity index (χ2n) is 4.69. The molecule has 1 aromatic rings. The van der Waals surface area contributed by atoms with Gasteiger partial charge in [-0.2, -0.15) is 0 Å². The fourth-order valence-corrected chi connectivity index (χ4v) is 2.81. The first-order valence-electron chi connectivity index (χ1n) is 6.01. The number of hydrogen-bond acceptors (Lipinski definition) is 2. The largest absolute Gasteiger partial charge is 0.480 e. The molecule has 4 nitrogen and oxygen atoms in total. The normalized spacial score (nSPS) is 25.1. The van der Waals surface area contributed by atoms with Crippen molar-refractivity contribution in [1.29, 1.82) is 0 Å². The molecule has 2 unspecified atom stereocenters. The van der Waals surface area contributed by atoms with Gasteiger partial charge in [0.25, 0.3) is 0 Å². The summed E-state index contributed by atoms with van der Waals surface area (Å²) in [6.07, 6.45) is 4.50. The van der Waals surface area contributed by atoms with Crippen LogP contribution in [0, 0.1) is 5.92 Å². The van der Waals surface area contributed by atoms with Gasteiger partial charge in [-0.05, 0) is 17.7 Å². The van der Waals surface area contributed by atoms with Gasteiger partial charge in [0.2, 0.25) is 0 Å². The van der Waals surface area contributed by atoms with Gasteiger partial charge in [0.15, 0.2) is 0 Å². The summed E-state index contributed by atoms with van der Waals surface area (Å²) in [7, 11) is 0. The van der Waals surface area contributed by atoms with Crippen molar-refractivity contribution in [3.8, 4) is 0 Å². The molecule has 5 heteroatoms. The number of carbonyl (C=O) groups is 2. The first-order chi connectivity index (χ1) is 9.39. The third-order valence-corrected chi connectivity index (χ3v) is 4.24. The van der Waals surface area contributed by atoms with Crippen LogP contribution in [0.15, 0.2) is 52.5 Å². The Bertz CT molecular complexity index is 615. The highest BCUT2D eigenvalue weighted by atomic mass is 79.9. The van der Waals surface area contributed by atoms with Crippen LogP contribution in [0.3, 0.4) is 0 Å². The zero-order chi connectivity index (χ0) is 14.9. The summed E-state index contributed by atoms with van der Waals surface area (Å²) in [6, 6.07) is 6.90. The molecule has 0 spiro atoms. The van der Waals surface area contributed by atoms with Gasteiger partial charge >= 0.3 is 11.9 Å². The van der Waals surface area contributed by atoms with E-state index in [0.717, 1.165) is 4.47 Å². The van der Waals surface area contributed by atoms with Crippen molar-refractivity contribution in [1.82, 2.24) is 0 Å². The van der Waals surface area contributed by atoms with Gasteiger partial charge in [0.1, 0.15) is 5.41 Å². The highest BCUT2D eigenvalue weighted by Gasteiger charge is 2.47. The van der Waals surface area contributed by atoms with Crippen LogP contribution in [-0.2, 0) is 15.0 Å². The number of benzene rings is 1. The van der Waals surface area contributed by atoms with Gasteiger partial charge in [0, 0.05) is 16.0 Å². The predicted molar refractivity (Wildman–Crippen MR) is 77.5 cm³/mol. The molecule has 0 saturated carbocycles. The lowest BCUT2D eigenvalue weighted by Gasteiger charge is -2.35. The molecule has 1 aliphatic rings. The van der Waals surface area contributed by atoms with E-state index in [0.29, 0.717) is 5.56 Å². The van der Waals surface area contributed by atoms with Crippen molar-refractivity contribution in [2.45, 2.75) is 12.3 Å². The van der Waals surface area contributed by atoms with Crippen molar-refractivity contribution in [2.24, 2.45) is 5.92 Å². The summed E-state index contributed by atoms with van der Waals surface area (Å²) < 4.78 is 0.836. The molecule has 1 aromatic carbocycles. The average Bonchev–Trinajstić information content (AvgIpc) is 2.39. The number of hydrogen-bond donors (Lipinski definition) is 2.